The molecule has 0 radical (unpaired) electrons. The fourth-order valence-corrected chi connectivity index (χ4v) is 3.82. The van der Waals surface area contributed by atoms with E-state index >= 15 is 0 Å². The normalized spacial score (nSPS) is 32.3. The van der Waals surface area contributed by atoms with Crippen LogP contribution < -0.4 is 0 Å². The molecule has 0 aromatic heterocycles. The smallest absolute Gasteiger partial charge is 0.341 e. The van der Waals surface area contributed by atoms with Crippen molar-refractivity contribution in [1.29, 1.82) is 0 Å². The number of hydrogen-bond donors (Lipinski definition) is 3. The molecule has 18 heteroatoms. The van der Waals surface area contributed by atoms with Crippen LogP contribution in [-0.2, 0) is 58.0 Å². The lowest BCUT2D eigenvalue weighted by Crippen LogP contribution is -2.47. The highest BCUT2D eigenvalue weighted by Crippen LogP contribution is 2.40. The van der Waals surface area contributed by atoms with Gasteiger partial charge in [-0.1, -0.05) is 0 Å². The first kappa shape index (κ1) is 22.8. The van der Waals surface area contributed by atoms with E-state index < -0.39 is 74.3 Å². The summed E-state index contributed by atoms with van der Waals surface area (Å²) in [6.07, 6.45) is -8.33. The molecule has 0 amide bonds. The van der Waals surface area contributed by atoms with E-state index in [-0.39, 0.29) is 0 Å². The molecule has 0 aromatic carbocycles. The van der Waals surface area contributed by atoms with E-state index in [0.717, 1.165) is 0 Å². The van der Waals surface area contributed by atoms with Gasteiger partial charge in [0.05, 0.1) is 6.61 Å². The average molecular weight is 460 g/mol. The van der Waals surface area contributed by atoms with Crippen LogP contribution in [0.3, 0.4) is 0 Å². The van der Waals surface area contributed by atoms with Gasteiger partial charge in [0.25, 0.3) is 0 Å². The molecule has 0 spiro atoms. The molecule has 2 rings (SSSR count). The maximum absolute atomic E-state index is 11.1. The van der Waals surface area contributed by atoms with Gasteiger partial charge in [-0.05, 0) is 13.8 Å². The van der Waals surface area contributed by atoms with E-state index in [2.05, 4.69) is 12.5 Å². The van der Waals surface area contributed by atoms with Gasteiger partial charge in [0.1, 0.15) is 24.4 Å². The summed E-state index contributed by atoms with van der Waals surface area (Å²) in [4.78, 5) is 0. The topological polar surface area (TPSA) is 218 Å². The molecule has 2 aliphatic heterocycles. The van der Waals surface area contributed by atoms with Gasteiger partial charge in [-0.2, -0.15) is 25.3 Å². The molecule has 15 nitrogen and oxygen atoms in total. The molecule has 0 aliphatic carbocycles. The van der Waals surface area contributed by atoms with Gasteiger partial charge in [-0.3, -0.25) is 13.7 Å². The number of fused-ring (bicyclic) bond motifs is 1. The van der Waals surface area contributed by atoms with Gasteiger partial charge in [0, 0.05) is 0 Å². The molecule has 2 fully saturated rings. The van der Waals surface area contributed by atoms with Gasteiger partial charge in [-0.25, -0.2) is 12.5 Å². The van der Waals surface area contributed by atoms with Gasteiger partial charge in [-0.15, -0.1) is 0 Å². The predicted octanol–water partition coefficient (Wildman–Crippen LogP) is -1.94. The van der Waals surface area contributed by atoms with Crippen molar-refractivity contribution in [2.75, 3.05) is 6.61 Å². The highest BCUT2D eigenvalue weighted by molar-refractivity contribution is 7.81. The molecule has 0 saturated carbocycles. The Balaban J connectivity index is 2.33. The number of hydrogen-bond acceptors (Lipinski definition) is 12. The molecule has 2 saturated heterocycles. The first-order valence-corrected chi connectivity index (χ1v) is 11.0. The number of rotatable bonds is 8. The summed E-state index contributed by atoms with van der Waals surface area (Å²) in [5, 5.41) is 0. The fourth-order valence-electron chi connectivity index (χ4n) is 2.54. The number of ether oxygens (including phenoxy) is 3. The lowest BCUT2D eigenvalue weighted by molar-refractivity contribution is -0.223. The average Bonchev–Trinajstić information content (AvgIpc) is 2.84. The second-order valence-electron chi connectivity index (χ2n) is 5.83. The standard InChI is InChI=1S/C9H16O15S3/c1-9(2)21-7-6(24-27(16,17)18)5(20-8(7)22-9)4(23-26(13,14)15)3-19-25(10,11)12/h4-8H,3H2,1-2H3,(H,10,11,12)(H,13,14,15)(H,16,17,18)/t4-,5-,6-,7-,8-/m1/s1. The first-order chi connectivity index (χ1) is 12.0. The van der Waals surface area contributed by atoms with Gasteiger partial charge < -0.3 is 14.2 Å². The molecular weight excluding hydrogens is 444 g/mol. The quantitative estimate of drug-likeness (QED) is 0.335. The molecule has 5 atom stereocenters. The van der Waals surface area contributed by atoms with E-state index in [0.29, 0.717) is 0 Å². The van der Waals surface area contributed by atoms with Crippen LogP contribution in [0.1, 0.15) is 13.8 Å². The van der Waals surface area contributed by atoms with Crippen LogP contribution in [-0.4, -0.2) is 82.0 Å². The largest absolute Gasteiger partial charge is 0.397 e. The van der Waals surface area contributed by atoms with Gasteiger partial charge >= 0.3 is 31.2 Å². The SMILES string of the molecule is CC1(C)O[C@H]2O[C@H]([C@@H](COS(=O)(=O)O)OS(=O)(=O)O)[C@@H](OS(=O)(=O)O)[C@H]2O1. The summed E-state index contributed by atoms with van der Waals surface area (Å²) in [6.45, 7) is 1.61. The van der Waals surface area contributed by atoms with E-state index in [1.807, 2.05) is 0 Å². The summed E-state index contributed by atoms with van der Waals surface area (Å²) in [6, 6.07) is 0. The monoisotopic (exact) mass is 460 g/mol. The summed E-state index contributed by atoms with van der Waals surface area (Å²) in [7, 11) is -15.4. The zero-order valence-electron chi connectivity index (χ0n) is 13.6. The van der Waals surface area contributed by atoms with Crippen molar-refractivity contribution in [3.63, 3.8) is 0 Å². The highest BCUT2D eigenvalue weighted by Gasteiger charge is 2.59. The van der Waals surface area contributed by atoms with Crippen molar-refractivity contribution in [1.82, 2.24) is 0 Å². The zero-order valence-corrected chi connectivity index (χ0v) is 16.0. The molecule has 3 N–H and O–H groups in total. The maximum atomic E-state index is 11.1. The Hall–Kier alpha value is -0.510. The Kier molecular flexibility index (Phi) is 6.23. The molecule has 0 unspecified atom stereocenters. The van der Waals surface area contributed by atoms with Crippen LogP contribution in [0, 0.1) is 0 Å². The second-order valence-corrected chi connectivity index (χ2v) is 9.02. The van der Waals surface area contributed by atoms with Crippen molar-refractivity contribution >= 4 is 31.2 Å². The summed E-state index contributed by atoms with van der Waals surface area (Å²) in [5.41, 5.74) is 0. The van der Waals surface area contributed by atoms with Crippen LogP contribution in [0.4, 0.5) is 0 Å². The second kappa shape index (κ2) is 7.39. The fraction of sp³-hybridized carbons (Fsp3) is 1.00. The van der Waals surface area contributed by atoms with E-state index in [4.69, 9.17) is 27.9 Å². The van der Waals surface area contributed by atoms with Gasteiger partial charge in [0.15, 0.2) is 12.1 Å². The van der Waals surface area contributed by atoms with Crippen molar-refractivity contribution in [2.45, 2.75) is 50.3 Å². The Morgan fingerprint density at radius 3 is 2.04 bits per heavy atom. The molecule has 2 heterocycles. The third-order valence-corrected chi connectivity index (χ3v) is 4.64. The minimum atomic E-state index is -5.23. The first-order valence-electron chi connectivity index (χ1n) is 6.90. The highest BCUT2D eigenvalue weighted by atomic mass is 32.3. The van der Waals surface area contributed by atoms with Crippen LogP contribution in [0.2, 0.25) is 0 Å². The summed E-state index contributed by atoms with van der Waals surface area (Å²) < 4.78 is 121. The van der Waals surface area contributed by atoms with Gasteiger partial charge in [0.2, 0.25) is 0 Å². The van der Waals surface area contributed by atoms with E-state index in [1.165, 1.54) is 13.8 Å². The van der Waals surface area contributed by atoms with Crippen molar-refractivity contribution in [3.05, 3.63) is 0 Å². The minimum Gasteiger partial charge on any atom is -0.341 e. The Labute approximate surface area is 154 Å². The van der Waals surface area contributed by atoms with Crippen LogP contribution in [0.25, 0.3) is 0 Å². The Morgan fingerprint density at radius 1 is 0.963 bits per heavy atom. The van der Waals surface area contributed by atoms with Crippen molar-refractivity contribution < 1.29 is 65.7 Å². The van der Waals surface area contributed by atoms with E-state index in [9.17, 15) is 25.3 Å². The summed E-state index contributed by atoms with van der Waals surface area (Å²) in [5.74, 6) is -1.27. The van der Waals surface area contributed by atoms with Crippen LogP contribution in [0.5, 0.6) is 0 Å². The molecule has 2 aliphatic rings. The van der Waals surface area contributed by atoms with Crippen LogP contribution in [0.15, 0.2) is 0 Å². The third kappa shape index (κ3) is 6.80. The summed E-state index contributed by atoms with van der Waals surface area (Å²) >= 11 is 0. The lowest BCUT2D eigenvalue weighted by Gasteiger charge is -2.28. The molecule has 0 aromatic rings. The van der Waals surface area contributed by atoms with E-state index in [1.54, 1.807) is 0 Å². The maximum Gasteiger partial charge on any atom is 0.397 e. The minimum absolute atomic E-state index is 1.25. The predicted molar refractivity (Wildman–Crippen MR) is 79.0 cm³/mol. The van der Waals surface area contributed by atoms with Crippen molar-refractivity contribution in [3.8, 4) is 0 Å². The zero-order chi connectivity index (χ0) is 20.8. The molecule has 0 bridgehead atoms. The van der Waals surface area contributed by atoms with Crippen LogP contribution >= 0.6 is 0 Å². The van der Waals surface area contributed by atoms with Crippen molar-refractivity contribution in [2.24, 2.45) is 0 Å². The third-order valence-electron chi connectivity index (χ3n) is 3.25. The Bertz CT molecular complexity index is 858. The lowest BCUT2D eigenvalue weighted by atomic mass is 10.1. The molecule has 27 heavy (non-hydrogen) atoms. The Morgan fingerprint density at radius 2 is 1.56 bits per heavy atom. The molecular formula is C9H16O15S3. The molecule has 160 valence electrons.